The maximum Gasteiger partial charge on any atom is 0.423 e. The zero-order valence-corrected chi connectivity index (χ0v) is 18.8. The number of alkyl halides is 3. The van der Waals surface area contributed by atoms with E-state index in [1.807, 2.05) is 0 Å². The van der Waals surface area contributed by atoms with Gasteiger partial charge in [-0.25, -0.2) is 18.4 Å². The molecule has 9 nitrogen and oxygen atoms in total. The third kappa shape index (κ3) is 5.65. The van der Waals surface area contributed by atoms with Crippen LogP contribution in [-0.4, -0.2) is 66.1 Å². The smallest absolute Gasteiger partial charge is 0.423 e. The van der Waals surface area contributed by atoms with Crippen LogP contribution in [-0.2, 0) is 20.9 Å². The monoisotopic (exact) mass is 507 g/mol. The number of nitrogens with zero attached hydrogens (tertiary/aromatic N) is 4. The summed E-state index contributed by atoms with van der Waals surface area (Å²) >= 11 is 5.72. The van der Waals surface area contributed by atoms with Crippen molar-refractivity contribution in [3.05, 3.63) is 35.2 Å². The summed E-state index contributed by atoms with van der Waals surface area (Å²) in [6.45, 7) is 1.04. The highest BCUT2D eigenvalue weighted by atomic mass is 35.5. The van der Waals surface area contributed by atoms with E-state index in [1.165, 1.54) is 22.6 Å². The molecule has 2 fully saturated rings. The molecule has 0 aliphatic carbocycles. The Balaban J connectivity index is 1.42. The van der Waals surface area contributed by atoms with E-state index in [-0.39, 0.29) is 41.7 Å². The Morgan fingerprint density at radius 2 is 1.91 bits per heavy atom. The zero-order valence-electron chi connectivity index (χ0n) is 17.3. The molecule has 1 unspecified atom stereocenters. The molecule has 2 aliphatic rings. The number of halogens is 4. The Bertz CT molecular complexity index is 1070. The first kappa shape index (κ1) is 23.9. The van der Waals surface area contributed by atoms with Gasteiger partial charge in [0, 0.05) is 37.9 Å². The molecule has 0 bridgehead atoms. The first-order chi connectivity index (χ1) is 15.6. The minimum atomic E-state index is -4.66. The lowest BCUT2D eigenvalue weighted by Crippen LogP contribution is -2.42. The molecule has 2 aliphatic heterocycles. The molecule has 0 radical (unpaired) electrons. The largest absolute Gasteiger partial charge is 0.471 e. The first-order valence-electron chi connectivity index (χ1n) is 10.2. The van der Waals surface area contributed by atoms with Crippen molar-refractivity contribution in [1.82, 2.24) is 19.3 Å². The fraction of sp³-hybridized carbons (Fsp3) is 0.526. The van der Waals surface area contributed by atoms with Gasteiger partial charge in [0.25, 0.3) is 0 Å². The molecule has 2 aromatic rings. The number of anilines is 1. The predicted molar refractivity (Wildman–Crippen MR) is 112 cm³/mol. The van der Waals surface area contributed by atoms with Crippen LogP contribution in [0, 0.1) is 0 Å². The van der Waals surface area contributed by atoms with Crippen molar-refractivity contribution in [3.8, 4) is 5.88 Å². The standard InChI is InChI=1S/C19H21ClF3N5O4S/c20-16-2-1-14(9-24-16)33(29,30)28-6-3-12(4-7-28)26-18-25-10-15(19(21,22)23)17(27-18)32-13-5-8-31-11-13/h1-2,9-10,12-13H,3-8,11H2,(H,25,26,27). The lowest BCUT2D eigenvalue weighted by molar-refractivity contribution is -0.139. The minimum Gasteiger partial charge on any atom is -0.471 e. The van der Waals surface area contributed by atoms with Crippen LogP contribution in [0.2, 0.25) is 5.15 Å². The second-order valence-corrected chi connectivity index (χ2v) is 9.98. The molecule has 0 saturated carbocycles. The maximum absolute atomic E-state index is 13.3. The molecule has 2 saturated heterocycles. The van der Waals surface area contributed by atoms with Crippen LogP contribution in [0.3, 0.4) is 0 Å². The van der Waals surface area contributed by atoms with Gasteiger partial charge in [-0.2, -0.15) is 22.5 Å². The Hall–Kier alpha value is -2.22. The van der Waals surface area contributed by atoms with Gasteiger partial charge in [0.05, 0.1) is 13.2 Å². The van der Waals surface area contributed by atoms with Gasteiger partial charge < -0.3 is 14.8 Å². The van der Waals surface area contributed by atoms with Crippen LogP contribution in [0.1, 0.15) is 24.8 Å². The molecule has 2 aromatic heterocycles. The van der Waals surface area contributed by atoms with Crippen molar-refractivity contribution in [2.24, 2.45) is 0 Å². The number of rotatable bonds is 6. The molecule has 0 spiro atoms. The summed E-state index contributed by atoms with van der Waals surface area (Å²) in [6.07, 6.45) is -1.98. The van der Waals surface area contributed by atoms with Gasteiger partial charge in [-0.3, -0.25) is 0 Å². The van der Waals surface area contributed by atoms with Crippen LogP contribution in [0.4, 0.5) is 19.1 Å². The summed E-state index contributed by atoms with van der Waals surface area (Å²) in [5.41, 5.74) is -1.06. The van der Waals surface area contributed by atoms with Crippen LogP contribution >= 0.6 is 11.6 Å². The Kier molecular flexibility index (Phi) is 6.93. The fourth-order valence-corrected chi connectivity index (χ4v) is 5.10. The van der Waals surface area contributed by atoms with Crippen LogP contribution in [0.25, 0.3) is 0 Å². The van der Waals surface area contributed by atoms with E-state index in [0.717, 1.165) is 0 Å². The average molecular weight is 508 g/mol. The lowest BCUT2D eigenvalue weighted by atomic mass is 10.1. The molecule has 33 heavy (non-hydrogen) atoms. The van der Waals surface area contributed by atoms with Crippen molar-refractivity contribution < 1.29 is 31.1 Å². The Labute approximate surface area is 193 Å². The van der Waals surface area contributed by atoms with Gasteiger partial charge in [0.1, 0.15) is 21.7 Å². The van der Waals surface area contributed by atoms with Crippen LogP contribution in [0.5, 0.6) is 5.88 Å². The number of aromatic nitrogens is 3. The van der Waals surface area contributed by atoms with E-state index in [9.17, 15) is 21.6 Å². The van der Waals surface area contributed by atoms with E-state index in [0.29, 0.717) is 32.1 Å². The molecular formula is C19H21ClF3N5O4S. The number of piperidine rings is 1. The molecule has 0 aromatic carbocycles. The number of ether oxygens (including phenoxy) is 2. The molecule has 0 amide bonds. The third-order valence-corrected chi connectivity index (χ3v) is 7.46. The number of hydrogen-bond donors (Lipinski definition) is 1. The van der Waals surface area contributed by atoms with Crippen LogP contribution in [0.15, 0.2) is 29.4 Å². The van der Waals surface area contributed by atoms with E-state index >= 15 is 0 Å². The normalized spacial score (nSPS) is 20.7. The molecule has 4 heterocycles. The summed E-state index contributed by atoms with van der Waals surface area (Å²) < 4.78 is 77.5. The van der Waals surface area contributed by atoms with Gasteiger partial charge in [-0.05, 0) is 25.0 Å². The third-order valence-electron chi connectivity index (χ3n) is 5.35. The summed E-state index contributed by atoms with van der Waals surface area (Å²) in [6, 6.07) is 2.57. The van der Waals surface area contributed by atoms with Crippen molar-refractivity contribution in [2.75, 3.05) is 31.6 Å². The summed E-state index contributed by atoms with van der Waals surface area (Å²) in [5, 5.41) is 3.18. The highest BCUT2D eigenvalue weighted by Gasteiger charge is 2.38. The number of sulfonamides is 1. The van der Waals surface area contributed by atoms with E-state index < -0.39 is 33.7 Å². The van der Waals surface area contributed by atoms with E-state index in [4.69, 9.17) is 21.1 Å². The highest BCUT2D eigenvalue weighted by Crippen LogP contribution is 2.36. The molecule has 4 rings (SSSR count). The van der Waals surface area contributed by atoms with Gasteiger partial charge >= 0.3 is 6.18 Å². The Morgan fingerprint density at radius 3 is 2.52 bits per heavy atom. The molecule has 1 N–H and O–H groups in total. The van der Waals surface area contributed by atoms with Crippen molar-refractivity contribution >= 4 is 27.6 Å². The molecular weight excluding hydrogens is 487 g/mol. The van der Waals surface area contributed by atoms with Gasteiger partial charge in [0.15, 0.2) is 0 Å². The quantitative estimate of drug-likeness (QED) is 0.595. The first-order valence-corrected chi connectivity index (χ1v) is 12.0. The summed E-state index contributed by atoms with van der Waals surface area (Å²) in [5.74, 6) is -0.564. The van der Waals surface area contributed by atoms with E-state index in [1.54, 1.807) is 0 Å². The Morgan fingerprint density at radius 1 is 1.15 bits per heavy atom. The summed E-state index contributed by atoms with van der Waals surface area (Å²) in [7, 11) is -3.72. The fourth-order valence-electron chi connectivity index (χ4n) is 3.57. The second kappa shape index (κ2) is 9.57. The van der Waals surface area contributed by atoms with Gasteiger partial charge in [0.2, 0.25) is 21.9 Å². The highest BCUT2D eigenvalue weighted by molar-refractivity contribution is 7.89. The lowest BCUT2D eigenvalue weighted by Gasteiger charge is -2.31. The molecule has 1 atom stereocenters. The van der Waals surface area contributed by atoms with E-state index in [2.05, 4.69) is 20.3 Å². The van der Waals surface area contributed by atoms with Crippen molar-refractivity contribution in [2.45, 2.75) is 42.5 Å². The number of pyridine rings is 1. The van der Waals surface area contributed by atoms with Crippen molar-refractivity contribution in [3.63, 3.8) is 0 Å². The topological polar surface area (TPSA) is 107 Å². The molecule has 180 valence electrons. The van der Waals surface area contributed by atoms with Gasteiger partial charge in [-0.1, -0.05) is 11.6 Å². The molecule has 14 heteroatoms. The van der Waals surface area contributed by atoms with Gasteiger partial charge in [-0.15, -0.1) is 0 Å². The summed E-state index contributed by atoms with van der Waals surface area (Å²) in [4.78, 5) is 11.6. The maximum atomic E-state index is 13.3. The SMILES string of the molecule is O=S(=O)(c1ccc(Cl)nc1)N1CCC(Nc2ncc(C(F)(F)F)c(OC3CCOC3)n2)CC1. The van der Waals surface area contributed by atoms with Crippen LogP contribution < -0.4 is 10.1 Å². The van der Waals surface area contributed by atoms with Crippen molar-refractivity contribution in [1.29, 1.82) is 0 Å². The predicted octanol–water partition coefficient (Wildman–Crippen LogP) is 2.98. The number of hydrogen-bond acceptors (Lipinski definition) is 8. The average Bonchev–Trinajstić information content (AvgIpc) is 3.27. The second-order valence-electron chi connectivity index (χ2n) is 7.65. The minimum absolute atomic E-state index is 0.0138. The number of nitrogens with one attached hydrogen (secondary N) is 1. The zero-order chi connectivity index (χ0) is 23.6.